The summed E-state index contributed by atoms with van der Waals surface area (Å²) >= 11 is 18.3. The number of anilines is 1. The molecule has 0 aliphatic rings. The number of hydrogen-bond acceptors (Lipinski definition) is 1. The summed E-state index contributed by atoms with van der Waals surface area (Å²) in [6.45, 7) is 4.00. The van der Waals surface area contributed by atoms with Gasteiger partial charge in [0, 0.05) is 5.54 Å². The van der Waals surface area contributed by atoms with E-state index in [4.69, 9.17) is 39.8 Å². The van der Waals surface area contributed by atoms with Crippen LogP contribution in [0.25, 0.3) is 0 Å². The first-order valence-corrected chi connectivity index (χ1v) is 8.44. The first-order valence-electron chi connectivity index (χ1n) is 7.09. The van der Waals surface area contributed by atoms with Gasteiger partial charge >= 0.3 is 0 Å². The minimum atomic E-state index is 0.198. The Bertz CT molecular complexity index is 739. The number of para-hydroxylation sites is 2. The van der Waals surface area contributed by atoms with E-state index in [1.165, 1.54) is 5.54 Å². The number of alkyl halides is 1. The van der Waals surface area contributed by atoms with Crippen LogP contribution >= 0.6 is 34.8 Å². The molecule has 5 heteroatoms. The van der Waals surface area contributed by atoms with Gasteiger partial charge in [0.1, 0.15) is 11.0 Å². The molecule has 0 unspecified atom stereocenters. The third kappa shape index (κ3) is 4.29. The van der Waals surface area contributed by atoms with Crippen molar-refractivity contribution >= 4 is 52.0 Å². The zero-order valence-electron chi connectivity index (χ0n) is 12.9. The summed E-state index contributed by atoms with van der Waals surface area (Å²) in [6, 6.07) is 15.7. The van der Waals surface area contributed by atoms with Crippen LogP contribution in [0.1, 0.15) is 11.1 Å². The molecule has 0 N–H and O–H groups in total. The summed E-state index contributed by atoms with van der Waals surface area (Å²) < 4.78 is 0. The maximum atomic E-state index is 6.33. The molecule has 0 saturated carbocycles. The van der Waals surface area contributed by atoms with E-state index in [1.807, 2.05) is 62.4 Å². The molecule has 0 spiro atoms. The molecule has 2 aromatic rings. The molecule has 0 saturated heterocycles. The highest BCUT2D eigenvalue weighted by atomic mass is 35.5. The highest BCUT2D eigenvalue weighted by Gasteiger charge is 2.18. The Morgan fingerprint density at radius 2 is 1.65 bits per heavy atom. The molecule has 0 fully saturated rings. The van der Waals surface area contributed by atoms with Gasteiger partial charge in [-0.15, -0.1) is 11.6 Å². The maximum Gasteiger partial charge on any atom is 0.130 e. The van der Waals surface area contributed by atoms with Gasteiger partial charge < -0.3 is 0 Å². The molecule has 0 aromatic heterocycles. The van der Waals surface area contributed by atoms with Gasteiger partial charge in [0.05, 0.1) is 17.3 Å². The summed E-state index contributed by atoms with van der Waals surface area (Å²) in [5.74, 6) is 0.807. The molecule has 0 aliphatic carbocycles. The fraction of sp³-hybridized carbons (Fsp3) is 0.167. The van der Waals surface area contributed by atoms with Gasteiger partial charge in [-0.05, 0) is 37.1 Å². The van der Waals surface area contributed by atoms with E-state index in [1.54, 1.807) is 4.90 Å². The second-order valence-corrected chi connectivity index (χ2v) is 5.87. The van der Waals surface area contributed by atoms with Crippen molar-refractivity contribution in [2.45, 2.75) is 13.8 Å². The van der Waals surface area contributed by atoms with Crippen molar-refractivity contribution in [3.63, 3.8) is 0 Å². The van der Waals surface area contributed by atoms with Crippen molar-refractivity contribution in [3.05, 3.63) is 70.3 Å². The topological polar surface area (TPSA) is 15.6 Å². The van der Waals surface area contributed by atoms with Gasteiger partial charge in [0.15, 0.2) is 0 Å². The number of halogens is 3. The second kappa shape index (κ2) is 8.39. The number of aryl methyl sites for hydroxylation is 2. The molecule has 0 aliphatic heterocycles. The number of aliphatic imine (C=N–C) groups is 1. The lowest BCUT2D eigenvalue weighted by molar-refractivity contribution is 1.24. The monoisotopic (exact) mass is 366 g/mol. The lowest BCUT2D eigenvalue weighted by Gasteiger charge is -2.26. The summed E-state index contributed by atoms with van der Waals surface area (Å²) in [4.78, 5) is 6.46. The fourth-order valence-corrected chi connectivity index (χ4v) is 2.67. The van der Waals surface area contributed by atoms with E-state index in [2.05, 4.69) is 0 Å². The summed E-state index contributed by atoms with van der Waals surface area (Å²) in [5.41, 5.74) is 5.16. The predicted octanol–water partition coefficient (Wildman–Crippen LogP) is 6.36. The van der Waals surface area contributed by atoms with Crippen LogP contribution < -0.4 is 4.90 Å². The summed E-state index contributed by atoms with van der Waals surface area (Å²) in [6.07, 6.45) is 0. The smallest absolute Gasteiger partial charge is 0.130 e. The molecule has 0 bridgehead atoms. The highest BCUT2D eigenvalue weighted by Crippen LogP contribution is 2.28. The number of amidine groups is 1. The molecular formula is C18H17Cl3N2. The third-order valence-electron chi connectivity index (χ3n) is 3.40. The molecule has 0 amide bonds. The zero-order chi connectivity index (χ0) is 16.8. The largest absolute Gasteiger partial charge is 0.286 e. The molecule has 23 heavy (non-hydrogen) atoms. The maximum absolute atomic E-state index is 6.33. The number of rotatable bonds is 4. The zero-order valence-corrected chi connectivity index (χ0v) is 15.2. The van der Waals surface area contributed by atoms with Crippen LogP contribution in [-0.4, -0.2) is 11.7 Å². The van der Waals surface area contributed by atoms with Crippen LogP contribution in [-0.2, 0) is 0 Å². The quantitative estimate of drug-likeness (QED) is 0.266. The number of nitrogens with zero attached hydrogens (tertiary/aromatic N) is 2. The molecule has 120 valence electrons. The average molecular weight is 368 g/mol. The molecule has 0 atom stereocenters. The summed E-state index contributed by atoms with van der Waals surface area (Å²) in [5, 5.41) is 0.342. The highest BCUT2D eigenvalue weighted by molar-refractivity contribution is 6.41. The van der Waals surface area contributed by atoms with Crippen molar-refractivity contribution in [1.82, 2.24) is 0 Å². The average Bonchev–Trinajstić information content (AvgIpc) is 2.57. The standard InChI is InChI=1S/C18H17Cl3N2/c1-13-7-3-5-9-15(13)22-18(12-20)23(17(21)11-19)16-10-6-4-8-14(16)2/h3-11H,12H2,1-2H3/b17-11-,22-18?. The second-order valence-electron chi connectivity index (χ2n) is 5.00. The van der Waals surface area contributed by atoms with Crippen molar-refractivity contribution in [2.24, 2.45) is 4.99 Å². The van der Waals surface area contributed by atoms with E-state index < -0.39 is 0 Å². The Hall–Kier alpha value is -1.48. The van der Waals surface area contributed by atoms with Gasteiger partial charge in [-0.1, -0.05) is 59.6 Å². The molecule has 2 aromatic carbocycles. The Balaban J connectivity index is 2.58. The Morgan fingerprint density at radius 1 is 1.04 bits per heavy atom. The van der Waals surface area contributed by atoms with E-state index >= 15 is 0 Å². The Kier molecular flexibility index (Phi) is 6.52. The third-order valence-corrected chi connectivity index (χ3v) is 4.24. The van der Waals surface area contributed by atoms with Gasteiger partial charge in [-0.25, -0.2) is 4.99 Å². The van der Waals surface area contributed by atoms with Gasteiger partial charge in [-0.2, -0.15) is 0 Å². The van der Waals surface area contributed by atoms with Crippen LogP contribution in [0.4, 0.5) is 11.4 Å². The first-order chi connectivity index (χ1) is 11.1. The lowest BCUT2D eigenvalue weighted by Crippen LogP contribution is -2.30. The van der Waals surface area contributed by atoms with Crippen LogP contribution in [0.2, 0.25) is 0 Å². The van der Waals surface area contributed by atoms with E-state index in [0.717, 1.165) is 22.5 Å². The normalized spacial score (nSPS) is 12.4. The van der Waals surface area contributed by atoms with Crippen molar-refractivity contribution in [2.75, 3.05) is 10.8 Å². The van der Waals surface area contributed by atoms with Crippen LogP contribution in [0.5, 0.6) is 0 Å². The molecule has 0 heterocycles. The number of hydrogen-bond donors (Lipinski definition) is 0. The minimum absolute atomic E-state index is 0.198. The Morgan fingerprint density at radius 3 is 2.22 bits per heavy atom. The van der Waals surface area contributed by atoms with Crippen LogP contribution in [0.15, 0.2) is 64.2 Å². The van der Waals surface area contributed by atoms with E-state index in [-0.39, 0.29) is 5.88 Å². The molecule has 2 rings (SSSR count). The van der Waals surface area contributed by atoms with Gasteiger partial charge in [0.25, 0.3) is 0 Å². The van der Waals surface area contributed by atoms with E-state index in [9.17, 15) is 0 Å². The summed E-state index contributed by atoms with van der Waals surface area (Å²) in [7, 11) is 0. The molecular weight excluding hydrogens is 351 g/mol. The predicted molar refractivity (Wildman–Crippen MR) is 102 cm³/mol. The van der Waals surface area contributed by atoms with Crippen LogP contribution in [0.3, 0.4) is 0 Å². The molecule has 2 nitrogen and oxygen atoms in total. The van der Waals surface area contributed by atoms with Crippen LogP contribution in [0, 0.1) is 13.8 Å². The van der Waals surface area contributed by atoms with Crippen molar-refractivity contribution < 1.29 is 0 Å². The first kappa shape index (κ1) is 17.9. The SMILES string of the molecule is Cc1ccccc1N=C(CCl)N(/C(Cl)=C\Cl)c1ccccc1C. The fourth-order valence-electron chi connectivity index (χ4n) is 2.21. The minimum Gasteiger partial charge on any atom is -0.286 e. The number of benzene rings is 2. The lowest BCUT2D eigenvalue weighted by atomic mass is 10.2. The Labute approximate surface area is 152 Å². The van der Waals surface area contributed by atoms with E-state index in [0.29, 0.717) is 11.0 Å². The van der Waals surface area contributed by atoms with Gasteiger partial charge in [-0.3, -0.25) is 4.90 Å². The van der Waals surface area contributed by atoms with Crippen molar-refractivity contribution in [1.29, 1.82) is 0 Å². The van der Waals surface area contributed by atoms with Crippen molar-refractivity contribution in [3.8, 4) is 0 Å². The molecule has 0 radical (unpaired) electrons. The van der Waals surface area contributed by atoms with Gasteiger partial charge in [0.2, 0.25) is 0 Å².